The van der Waals surface area contributed by atoms with E-state index in [0.717, 1.165) is 0 Å². The van der Waals surface area contributed by atoms with Crippen molar-refractivity contribution < 1.29 is 40.2 Å². The number of carbonyl (C=O) groups excluding carboxylic acids is 3. The van der Waals surface area contributed by atoms with Gasteiger partial charge in [-0.05, 0) is 6.42 Å². The number of allylic oxidation sites excluding steroid dienone is 4. The third-order valence-electron chi connectivity index (χ3n) is 2.61. The Balaban J connectivity index is 0. The van der Waals surface area contributed by atoms with Crippen molar-refractivity contribution >= 4 is 17.7 Å². The second kappa shape index (κ2) is 14.1. The molecular weight excluding hydrogens is 468 g/mol. The van der Waals surface area contributed by atoms with Crippen molar-refractivity contribution in [1.29, 1.82) is 0 Å². The largest absolute Gasteiger partial charge is 0.388 e. The van der Waals surface area contributed by atoms with Crippen LogP contribution in [0.1, 0.15) is 26.7 Å². The van der Waals surface area contributed by atoms with Crippen LogP contribution in [-0.2, 0) is 40.2 Å². The molecule has 0 saturated carbocycles. The Hall–Kier alpha value is -1.52. The van der Waals surface area contributed by atoms with Crippen molar-refractivity contribution in [2.24, 2.45) is 0 Å². The number of piperidine rings is 1. The molecule has 1 unspecified atom stereocenters. The molecule has 0 spiro atoms. The smallest absolute Gasteiger partial charge is 0.248 e. The number of methoxy groups -OCH3 is 1. The summed E-state index contributed by atoms with van der Waals surface area (Å²) >= 11 is 0. The first-order valence-electron chi connectivity index (χ1n) is 6.92. The zero-order valence-electron chi connectivity index (χ0n) is 13.8. The Labute approximate surface area is 151 Å². The van der Waals surface area contributed by atoms with Gasteiger partial charge in [0.1, 0.15) is 6.04 Å². The third kappa shape index (κ3) is 9.97. The molecule has 128 valence electrons. The molecule has 1 aliphatic heterocycles. The number of carbonyl (C=O) groups is 3. The van der Waals surface area contributed by atoms with E-state index in [-0.39, 0.29) is 39.3 Å². The van der Waals surface area contributed by atoms with E-state index in [9.17, 15) is 14.4 Å². The summed E-state index contributed by atoms with van der Waals surface area (Å²) in [5.41, 5.74) is 0.350. The fraction of sp³-hybridized carbons (Fsp3) is 0.438. The molecule has 1 heterocycles. The van der Waals surface area contributed by atoms with Gasteiger partial charge in [0.15, 0.2) is 5.91 Å². The van der Waals surface area contributed by atoms with E-state index in [1.165, 1.54) is 0 Å². The van der Waals surface area contributed by atoms with Crippen LogP contribution in [0.3, 0.4) is 0 Å². The van der Waals surface area contributed by atoms with Crippen LogP contribution >= 0.6 is 0 Å². The molecule has 1 fully saturated rings. The molecule has 1 rings (SSSR count). The van der Waals surface area contributed by atoms with Crippen LogP contribution in [0, 0.1) is 6.08 Å². The first-order chi connectivity index (χ1) is 10.5. The van der Waals surface area contributed by atoms with E-state index in [4.69, 9.17) is 0 Å². The van der Waals surface area contributed by atoms with Gasteiger partial charge in [-0.25, -0.2) is 0 Å². The third-order valence-corrected chi connectivity index (χ3v) is 2.61. The van der Waals surface area contributed by atoms with Crippen LogP contribution < -0.4 is 10.6 Å². The molecule has 0 aromatic carbocycles. The van der Waals surface area contributed by atoms with Gasteiger partial charge in [0.05, 0.1) is 0 Å². The number of rotatable bonds is 4. The molecule has 1 atom stereocenters. The standard InChI is InChI=1S/C14H17N2O3.C2H6O.W/c1-3-5-6-7-10(4-2)13(18)15-11-8-9-12(17)16-14(11)19;1-3-2;/h3-6,11H,8-9H2,1-2H3,(H,15,18)(H,16,17,19);1-2H3;/q-1;;/b5-3-,10-4+;;. The number of amides is 3. The average molecular weight is 491 g/mol. The number of imide groups is 1. The number of ether oxygens (including phenoxy) is 1. The minimum absolute atomic E-state index is 0. The van der Waals surface area contributed by atoms with Gasteiger partial charge in [0.25, 0.3) is 0 Å². The topological polar surface area (TPSA) is 84.5 Å². The maximum atomic E-state index is 11.9. The van der Waals surface area contributed by atoms with E-state index >= 15 is 0 Å². The molecule has 2 N–H and O–H groups in total. The summed E-state index contributed by atoms with van der Waals surface area (Å²) in [6.45, 7) is 3.58. The van der Waals surface area contributed by atoms with Gasteiger partial charge in [-0.2, -0.15) is 6.08 Å². The molecular formula is C16H23N2O4W-. The minimum atomic E-state index is -0.663. The fourth-order valence-electron chi connectivity index (χ4n) is 1.58. The van der Waals surface area contributed by atoms with E-state index in [2.05, 4.69) is 21.4 Å². The van der Waals surface area contributed by atoms with Crippen molar-refractivity contribution in [3.8, 4) is 0 Å². The summed E-state index contributed by atoms with van der Waals surface area (Å²) in [4.78, 5) is 34.4. The molecule has 7 heteroatoms. The molecule has 0 aliphatic carbocycles. The van der Waals surface area contributed by atoms with Crippen LogP contribution in [0.25, 0.3) is 0 Å². The molecule has 1 aliphatic rings. The van der Waals surface area contributed by atoms with Gasteiger partial charge in [0, 0.05) is 41.7 Å². The number of hydrogen-bond donors (Lipinski definition) is 2. The van der Waals surface area contributed by atoms with E-state index in [1.54, 1.807) is 39.4 Å². The molecule has 0 radical (unpaired) electrons. The van der Waals surface area contributed by atoms with Gasteiger partial charge in [0.2, 0.25) is 11.8 Å². The summed E-state index contributed by atoms with van der Waals surface area (Å²) < 4.78 is 4.25. The van der Waals surface area contributed by atoms with E-state index in [1.807, 2.05) is 13.0 Å². The first kappa shape index (κ1) is 23.7. The van der Waals surface area contributed by atoms with Crippen LogP contribution in [0.15, 0.2) is 29.9 Å². The maximum absolute atomic E-state index is 11.9. The van der Waals surface area contributed by atoms with Crippen molar-refractivity contribution in [3.63, 3.8) is 0 Å². The monoisotopic (exact) mass is 491 g/mol. The van der Waals surface area contributed by atoms with Gasteiger partial charge < -0.3 is 14.8 Å². The zero-order valence-corrected chi connectivity index (χ0v) is 16.8. The second-order valence-electron chi connectivity index (χ2n) is 4.42. The van der Waals surface area contributed by atoms with Crippen LogP contribution in [-0.4, -0.2) is 38.0 Å². The summed E-state index contributed by atoms with van der Waals surface area (Å²) in [6.07, 6.45) is 10.2. The number of hydrogen-bond acceptors (Lipinski definition) is 4. The van der Waals surface area contributed by atoms with Gasteiger partial charge in [-0.1, -0.05) is 19.4 Å². The molecule has 0 aromatic rings. The van der Waals surface area contributed by atoms with Crippen molar-refractivity contribution in [2.45, 2.75) is 32.7 Å². The van der Waals surface area contributed by atoms with E-state index < -0.39 is 11.9 Å². The minimum Gasteiger partial charge on any atom is -0.388 e. The summed E-state index contributed by atoms with van der Waals surface area (Å²) in [7, 11) is 3.25. The molecule has 0 bridgehead atoms. The Morgan fingerprint density at radius 1 is 1.35 bits per heavy atom. The number of nitrogens with one attached hydrogen (secondary N) is 2. The Bertz CT molecular complexity index is 484. The summed E-state index contributed by atoms with van der Waals surface area (Å²) in [5.74, 6) is -1.14. The van der Waals surface area contributed by atoms with Crippen LogP contribution in [0.5, 0.6) is 0 Å². The van der Waals surface area contributed by atoms with Crippen molar-refractivity contribution in [1.82, 2.24) is 10.6 Å². The van der Waals surface area contributed by atoms with Gasteiger partial charge >= 0.3 is 0 Å². The Kier molecular flexibility index (Phi) is 14.5. The quantitative estimate of drug-likeness (QED) is 0.267. The molecule has 0 aromatic heterocycles. The molecule has 23 heavy (non-hydrogen) atoms. The Morgan fingerprint density at radius 2 is 1.96 bits per heavy atom. The average Bonchev–Trinajstić information content (AvgIpc) is 2.47. The summed E-state index contributed by atoms with van der Waals surface area (Å²) in [6, 6.07) is -0.663. The maximum Gasteiger partial charge on any atom is 0.248 e. The van der Waals surface area contributed by atoms with Crippen LogP contribution in [0.2, 0.25) is 0 Å². The van der Waals surface area contributed by atoms with Crippen molar-refractivity contribution in [3.05, 3.63) is 36.0 Å². The normalized spacial score (nSPS) is 18.1. The summed E-state index contributed by atoms with van der Waals surface area (Å²) in [5, 5.41) is 4.78. The van der Waals surface area contributed by atoms with Gasteiger partial charge in [-0.15, -0.1) is 24.3 Å². The molecule has 6 nitrogen and oxygen atoms in total. The molecule has 1 saturated heterocycles. The first-order valence-corrected chi connectivity index (χ1v) is 6.92. The predicted octanol–water partition coefficient (Wildman–Crippen LogP) is 1.05. The molecule has 3 amide bonds. The second-order valence-corrected chi connectivity index (χ2v) is 4.42. The zero-order chi connectivity index (χ0) is 17.0. The van der Waals surface area contributed by atoms with Gasteiger partial charge in [-0.3, -0.25) is 14.9 Å². The Morgan fingerprint density at radius 3 is 2.43 bits per heavy atom. The fourth-order valence-corrected chi connectivity index (χ4v) is 1.58. The van der Waals surface area contributed by atoms with E-state index in [0.29, 0.717) is 12.0 Å². The SMILES string of the molecule is COC.C\C=C/C=[C-]\C(=C/C)C(=O)NC1CCC(=O)NC1=O.[W]. The van der Waals surface area contributed by atoms with Crippen LogP contribution in [0.4, 0.5) is 0 Å². The predicted molar refractivity (Wildman–Crippen MR) is 83.6 cm³/mol. The van der Waals surface area contributed by atoms with Crippen molar-refractivity contribution in [2.75, 3.05) is 14.2 Å².